The summed E-state index contributed by atoms with van der Waals surface area (Å²) in [6.07, 6.45) is 5.20. The number of likely N-dealkylation sites (tertiary alicyclic amines) is 1. The van der Waals surface area contributed by atoms with Crippen LogP contribution in [-0.2, 0) is 13.0 Å². The lowest BCUT2D eigenvalue weighted by Gasteiger charge is -2.31. The molecule has 0 atom stereocenters. The van der Waals surface area contributed by atoms with Crippen molar-refractivity contribution >= 4 is 5.69 Å². The first-order chi connectivity index (χ1) is 10.4. The Morgan fingerprint density at radius 3 is 2.95 bits per heavy atom. The number of para-hydroxylation sites is 1. The Morgan fingerprint density at radius 1 is 1.29 bits per heavy atom. The molecule has 2 aliphatic rings. The lowest BCUT2D eigenvalue weighted by molar-refractivity contribution is 0.190. The number of nitrogens with zero attached hydrogens (tertiary/aromatic N) is 1. The van der Waals surface area contributed by atoms with E-state index in [4.69, 9.17) is 0 Å². The fourth-order valence-corrected chi connectivity index (χ4v) is 3.65. The highest BCUT2D eigenvalue weighted by Crippen LogP contribution is 2.26. The summed E-state index contributed by atoms with van der Waals surface area (Å²) in [6, 6.07) is 6.75. The van der Waals surface area contributed by atoms with Crippen molar-refractivity contribution in [1.29, 1.82) is 0 Å². The normalized spacial score (nSPS) is 20.0. The number of aryl methyl sites for hydroxylation is 1. The summed E-state index contributed by atoms with van der Waals surface area (Å²) < 4.78 is 0. The second kappa shape index (κ2) is 7.28. The summed E-state index contributed by atoms with van der Waals surface area (Å²) >= 11 is 0. The topological polar surface area (TPSA) is 27.3 Å². The van der Waals surface area contributed by atoms with Crippen LogP contribution in [0.15, 0.2) is 18.2 Å². The van der Waals surface area contributed by atoms with Crippen LogP contribution in [0.3, 0.4) is 0 Å². The average Bonchev–Trinajstić information content (AvgIpc) is 2.56. The molecule has 0 amide bonds. The monoisotopic (exact) mass is 287 g/mol. The number of benzene rings is 1. The molecule has 0 bridgehead atoms. The summed E-state index contributed by atoms with van der Waals surface area (Å²) in [5.74, 6) is 0.861. The molecule has 21 heavy (non-hydrogen) atoms. The van der Waals surface area contributed by atoms with Crippen LogP contribution < -0.4 is 10.6 Å². The van der Waals surface area contributed by atoms with E-state index >= 15 is 0 Å². The lowest BCUT2D eigenvalue weighted by Crippen LogP contribution is -2.37. The number of anilines is 1. The summed E-state index contributed by atoms with van der Waals surface area (Å²) in [5.41, 5.74) is 4.34. The van der Waals surface area contributed by atoms with Crippen LogP contribution in [0.5, 0.6) is 0 Å². The summed E-state index contributed by atoms with van der Waals surface area (Å²) in [5, 5.41) is 7.28. The van der Waals surface area contributed by atoms with Gasteiger partial charge in [0.05, 0.1) is 0 Å². The molecule has 0 radical (unpaired) electrons. The van der Waals surface area contributed by atoms with Crippen LogP contribution in [-0.4, -0.2) is 37.6 Å². The molecule has 1 aromatic carbocycles. The molecular weight excluding hydrogens is 258 g/mol. The average molecular weight is 287 g/mol. The number of piperidine rings is 1. The van der Waals surface area contributed by atoms with E-state index in [0.717, 1.165) is 19.0 Å². The van der Waals surface area contributed by atoms with Gasteiger partial charge in [0.25, 0.3) is 0 Å². The fourth-order valence-electron chi connectivity index (χ4n) is 3.65. The molecule has 116 valence electrons. The summed E-state index contributed by atoms with van der Waals surface area (Å²) in [6.45, 7) is 9.34. The fraction of sp³-hybridized carbons (Fsp3) is 0.667. The van der Waals surface area contributed by atoms with Crippen LogP contribution in [0, 0.1) is 5.92 Å². The third kappa shape index (κ3) is 3.78. The maximum absolute atomic E-state index is 3.70. The Morgan fingerprint density at radius 2 is 2.14 bits per heavy atom. The highest BCUT2D eigenvalue weighted by molar-refractivity contribution is 5.59. The Labute approximate surface area is 129 Å². The number of hydrogen-bond donors (Lipinski definition) is 2. The van der Waals surface area contributed by atoms with Crippen molar-refractivity contribution in [3.8, 4) is 0 Å². The van der Waals surface area contributed by atoms with Gasteiger partial charge in [-0.15, -0.1) is 0 Å². The first-order valence-electron chi connectivity index (χ1n) is 8.64. The third-order valence-corrected chi connectivity index (χ3v) is 5.06. The van der Waals surface area contributed by atoms with Crippen molar-refractivity contribution < 1.29 is 0 Å². The largest absolute Gasteiger partial charge is 0.385 e. The van der Waals surface area contributed by atoms with E-state index in [-0.39, 0.29) is 0 Å². The Bertz CT molecular complexity index is 450. The second-order valence-corrected chi connectivity index (χ2v) is 6.49. The van der Waals surface area contributed by atoms with E-state index in [1.165, 1.54) is 68.7 Å². The maximum Gasteiger partial charge on any atom is 0.0418 e. The number of fused-ring (bicyclic) bond motifs is 1. The molecule has 0 saturated carbocycles. The quantitative estimate of drug-likeness (QED) is 0.872. The van der Waals surface area contributed by atoms with E-state index < -0.39 is 0 Å². The van der Waals surface area contributed by atoms with Crippen molar-refractivity contribution in [2.45, 2.75) is 39.2 Å². The third-order valence-electron chi connectivity index (χ3n) is 5.06. The van der Waals surface area contributed by atoms with Crippen LogP contribution in [0.1, 0.15) is 37.3 Å². The molecule has 1 saturated heterocycles. The molecule has 0 unspecified atom stereocenters. The van der Waals surface area contributed by atoms with E-state index in [0.29, 0.717) is 0 Å². The molecule has 1 fully saturated rings. The van der Waals surface area contributed by atoms with Gasteiger partial charge in [-0.3, -0.25) is 0 Å². The highest BCUT2D eigenvalue weighted by Gasteiger charge is 2.18. The molecule has 0 spiro atoms. The zero-order valence-electron chi connectivity index (χ0n) is 13.3. The van der Waals surface area contributed by atoms with Crippen LogP contribution >= 0.6 is 0 Å². The Balaban J connectivity index is 1.48. The van der Waals surface area contributed by atoms with Gasteiger partial charge in [-0.2, -0.15) is 0 Å². The minimum Gasteiger partial charge on any atom is -0.385 e. The molecule has 3 nitrogen and oxygen atoms in total. The van der Waals surface area contributed by atoms with Gasteiger partial charge < -0.3 is 15.5 Å². The van der Waals surface area contributed by atoms with Crippen molar-refractivity contribution in [1.82, 2.24) is 10.2 Å². The molecule has 2 N–H and O–H groups in total. The predicted octanol–water partition coefficient (Wildman–Crippen LogP) is 2.87. The number of rotatable bonds is 5. The molecule has 3 heteroatoms. The van der Waals surface area contributed by atoms with Gasteiger partial charge in [0.2, 0.25) is 0 Å². The van der Waals surface area contributed by atoms with Crippen molar-refractivity contribution in [2.75, 3.05) is 38.0 Å². The first kappa shape index (κ1) is 14.9. The lowest BCUT2D eigenvalue weighted by atomic mass is 9.96. The minimum absolute atomic E-state index is 0.861. The smallest absolute Gasteiger partial charge is 0.0418 e. The van der Waals surface area contributed by atoms with Gasteiger partial charge in [0.15, 0.2) is 0 Å². The van der Waals surface area contributed by atoms with Crippen LogP contribution in [0.2, 0.25) is 0 Å². The van der Waals surface area contributed by atoms with E-state index in [1.54, 1.807) is 0 Å². The van der Waals surface area contributed by atoms with Gasteiger partial charge in [-0.05, 0) is 68.9 Å². The predicted molar refractivity (Wildman–Crippen MR) is 89.8 cm³/mol. The van der Waals surface area contributed by atoms with Crippen molar-refractivity contribution in [3.63, 3.8) is 0 Å². The van der Waals surface area contributed by atoms with Gasteiger partial charge in [-0.25, -0.2) is 0 Å². The van der Waals surface area contributed by atoms with Crippen molar-refractivity contribution in [2.24, 2.45) is 5.92 Å². The zero-order chi connectivity index (χ0) is 14.5. The first-order valence-corrected chi connectivity index (χ1v) is 8.64. The zero-order valence-corrected chi connectivity index (χ0v) is 13.3. The number of nitrogens with one attached hydrogen (secondary N) is 2. The molecule has 2 aliphatic heterocycles. The van der Waals surface area contributed by atoms with Crippen LogP contribution in [0.25, 0.3) is 0 Å². The number of hydrogen-bond acceptors (Lipinski definition) is 3. The molecule has 0 aromatic heterocycles. The Kier molecular flexibility index (Phi) is 5.15. The molecule has 1 aromatic rings. The summed E-state index contributed by atoms with van der Waals surface area (Å²) in [7, 11) is 0. The maximum atomic E-state index is 3.70. The SMILES string of the molecule is CCN1CCC(CNCc2cccc3c2NCCC3)CC1. The molecule has 2 heterocycles. The molecule has 3 rings (SSSR count). The molecule has 0 aliphatic carbocycles. The summed E-state index contributed by atoms with van der Waals surface area (Å²) in [4.78, 5) is 2.56. The van der Waals surface area contributed by atoms with Crippen LogP contribution in [0.4, 0.5) is 5.69 Å². The van der Waals surface area contributed by atoms with Gasteiger partial charge >= 0.3 is 0 Å². The van der Waals surface area contributed by atoms with Gasteiger partial charge in [-0.1, -0.05) is 25.1 Å². The van der Waals surface area contributed by atoms with Crippen molar-refractivity contribution in [3.05, 3.63) is 29.3 Å². The molecular formula is C18H29N3. The standard InChI is InChI=1S/C18H29N3/c1-2-21-11-8-15(9-12-21)13-19-14-17-6-3-5-16-7-4-10-20-18(16)17/h3,5-6,15,19-20H,2,4,7-14H2,1H3. The second-order valence-electron chi connectivity index (χ2n) is 6.49. The highest BCUT2D eigenvalue weighted by atomic mass is 15.1. The van der Waals surface area contributed by atoms with Gasteiger partial charge in [0, 0.05) is 18.8 Å². The Hall–Kier alpha value is -1.06. The minimum atomic E-state index is 0.861. The van der Waals surface area contributed by atoms with E-state index in [2.05, 4.69) is 40.7 Å². The van der Waals surface area contributed by atoms with E-state index in [1.807, 2.05) is 0 Å². The van der Waals surface area contributed by atoms with E-state index in [9.17, 15) is 0 Å². The van der Waals surface area contributed by atoms with Gasteiger partial charge in [0.1, 0.15) is 0 Å².